The fourth-order valence-corrected chi connectivity index (χ4v) is 6.03. The molecule has 220 valence electrons. The van der Waals surface area contributed by atoms with Crippen molar-refractivity contribution in [3.05, 3.63) is 148 Å². The molecular weight excluding hydrogens is 612 g/mol. The monoisotopic (exact) mass is 638 g/mol. The second-order valence-electron chi connectivity index (χ2n) is 9.60. The summed E-state index contributed by atoms with van der Waals surface area (Å²) >= 11 is 8.76. The van der Waals surface area contributed by atoms with Crippen LogP contribution < -0.4 is 16.0 Å². The Bertz CT molecular complexity index is 1790. The highest BCUT2D eigenvalue weighted by molar-refractivity contribution is 8.00. The van der Waals surface area contributed by atoms with Crippen LogP contribution in [0.3, 0.4) is 0 Å². The Balaban J connectivity index is 1.37. The van der Waals surface area contributed by atoms with E-state index in [1.54, 1.807) is 72.8 Å². The van der Waals surface area contributed by atoms with Crippen LogP contribution >= 0.6 is 34.7 Å². The second-order valence-corrected chi connectivity index (χ2v) is 12.1. The Morgan fingerprint density at radius 3 is 2.25 bits per heavy atom. The predicted molar refractivity (Wildman–Crippen MR) is 179 cm³/mol. The summed E-state index contributed by atoms with van der Waals surface area (Å²) in [5.41, 5.74) is 3.32. The van der Waals surface area contributed by atoms with Gasteiger partial charge in [0.05, 0.1) is 5.69 Å². The molecule has 0 aliphatic carbocycles. The number of amides is 3. The first kappa shape index (κ1) is 30.7. The van der Waals surface area contributed by atoms with E-state index >= 15 is 0 Å². The van der Waals surface area contributed by atoms with Crippen LogP contribution in [0.5, 0.6) is 0 Å². The van der Waals surface area contributed by atoms with Crippen molar-refractivity contribution in [3.63, 3.8) is 0 Å². The third-order valence-electron chi connectivity index (χ3n) is 6.25. The smallest absolute Gasteiger partial charge is 0.272 e. The van der Waals surface area contributed by atoms with Gasteiger partial charge in [-0.3, -0.25) is 14.4 Å². The van der Waals surface area contributed by atoms with E-state index in [1.807, 2.05) is 54.8 Å². The molecule has 3 amide bonds. The first-order valence-electron chi connectivity index (χ1n) is 13.5. The van der Waals surface area contributed by atoms with Crippen molar-refractivity contribution in [2.75, 3.05) is 10.6 Å². The summed E-state index contributed by atoms with van der Waals surface area (Å²) in [5.74, 6) is -1.14. The standard InChI is InChI=1S/C34H27ClN4O3S2/c1-22-21-43-34(36-22)39-33(42)30(24-9-4-2-5-10-24)44-28-14-8-13-27(20-28)37-32(41)29(19-23-15-17-26(35)18-16-23)38-31(40)25-11-6-3-7-12-25/h2-21,30H,1H3,(H,37,41)(H,38,40)(H,36,39,42)/b29-19-. The summed E-state index contributed by atoms with van der Waals surface area (Å²) < 4.78 is 0. The normalized spacial score (nSPS) is 11.8. The van der Waals surface area contributed by atoms with Crippen LogP contribution in [0.4, 0.5) is 10.8 Å². The molecule has 44 heavy (non-hydrogen) atoms. The van der Waals surface area contributed by atoms with Gasteiger partial charge in [-0.05, 0) is 66.6 Å². The quantitative estimate of drug-likeness (QED) is 0.106. The van der Waals surface area contributed by atoms with E-state index in [1.165, 1.54) is 23.1 Å². The molecule has 10 heteroatoms. The van der Waals surface area contributed by atoms with E-state index in [2.05, 4.69) is 20.9 Å². The third-order valence-corrected chi connectivity index (χ3v) is 8.62. The van der Waals surface area contributed by atoms with E-state index in [0.29, 0.717) is 27.0 Å². The molecule has 1 unspecified atom stereocenters. The van der Waals surface area contributed by atoms with Gasteiger partial charge in [-0.2, -0.15) is 0 Å². The number of carbonyl (C=O) groups is 3. The molecule has 5 rings (SSSR count). The van der Waals surface area contributed by atoms with E-state index in [9.17, 15) is 14.4 Å². The number of hydrogen-bond acceptors (Lipinski definition) is 6. The molecule has 0 bridgehead atoms. The Hall–Kier alpha value is -4.70. The summed E-state index contributed by atoms with van der Waals surface area (Å²) in [7, 11) is 0. The molecule has 1 atom stereocenters. The lowest BCUT2D eigenvalue weighted by molar-refractivity contribution is -0.116. The summed E-state index contributed by atoms with van der Waals surface area (Å²) in [6.45, 7) is 1.87. The molecule has 0 saturated carbocycles. The number of rotatable bonds is 10. The Kier molecular flexibility index (Phi) is 10.2. The number of halogens is 1. The van der Waals surface area contributed by atoms with Crippen molar-refractivity contribution in [3.8, 4) is 0 Å². The van der Waals surface area contributed by atoms with E-state index in [-0.39, 0.29) is 11.6 Å². The molecule has 1 aromatic heterocycles. The molecular formula is C34H27ClN4O3S2. The van der Waals surface area contributed by atoms with Crippen molar-refractivity contribution >= 4 is 69.3 Å². The van der Waals surface area contributed by atoms with Crippen LogP contribution in [0.25, 0.3) is 6.08 Å². The van der Waals surface area contributed by atoms with Gasteiger partial charge in [-0.15, -0.1) is 23.1 Å². The van der Waals surface area contributed by atoms with Crippen molar-refractivity contribution in [1.82, 2.24) is 10.3 Å². The molecule has 7 nitrogen and oxygen atoms in total. The molecule has 5 aromatic rings. The molecule has 3 N–H and O–H groups in total. The van der Waals surface area contributed by atoms with Gasteiger partial charge in [0.1, 0.15) is 10.9 Å². The topological polar surface area (TPSA) is 100 Å². The summed E-state index contributed by atoms with van der Waals surface area (Å²) in [6, 6.07) is 32.3. The zero-order valence-corrected chi connectivity index (χ0v) is 25.9. The lowest BCUT2D eigenvalue weighted by Gasteiger charge is -2.17. The largest absolute Gasteiger partial charge is 0.321 e. The van der Waals surface area contributed by atoms with Crippen LogP contribution in [-0.4, -0.2) is 22.7 Å². The van der Waals surface area contributed by atoms with Gasteiger partial charge in [0.2, 0.25) is 5.91 Å². The maximum Gasteiger partial charge on any atom is 0.272 e. The maximum atomic E-state index is 13.5. The van der Waals surface area contributed by atoms with Gasteiger partial charge in [-0.1, -0.05) is 78.3 Å². The Labute approximate surface area is 268 Å². The number of benzene rings is 4. The highest BCUT2D eigenvalue weighted by atomic mass is 35.5. The number of nitrogens with zero attached hydrogens (tertiary/aromatic N) is 1. The minimum absolute atomic E-state index is 0.0551. The van der Waals surface area contributed by atoms with Crippen LogP contribution in [0.15, 0.2) is 125 Å². The van der Waals surface area contributed by atoms with Gasteiger partial charge >= 0.3 is 0 Å². The summed E-state index contributed by atoms with van der Waals surface area (Å²) in [6.07, 6.45) is 1.58. The van der Waals surface area contributed by atoms with Gasteiger partial charge in [0.25, 0.3) is 11.8 Å². The van der Waals surface area contributed by atoms with Gasteiger partial charge in [0, 0.05) is 26.5 Å². The number of nitrogens with one attached hydrogen (secondary N) is 3. The van der Waals surface area contributed by atoms with Gasteiger partial charge in [-0.25, -0.2) is 4.98 Å². The molecule has 1 heterocycles. The number of thiazole rings is 1. The number of aryl methyl sites for hydroxylation is 1. The average molecular weight is 639 g/mol. The zero-order valence-electron chi connectivity index (χ0n) is 23.5. The highest BCUT2D eigenvalue weighted by Gasteiger charge is 2.23. The number of anilines is 2. The van der Waals surface area contributed by atoms with Crippen molar-refractivity contribution in [2.45, 2.75) is 17.1 Å². The average Bonchev–Trinajstić information content (AvgIpc) is 3.45. The molecule has 0 saturated heterocycles. The first-order valence-corrected chi connectivity index (χ1v) is 15.7. The summed E-state index contributed by atoms with van der Waals surface area (Å²) in [5, 5.41) is 10.9. The molecule has 0 radical (unpaired) electrons. The van der Waals surface area contributed by atoms with Crippen LogP contribution in [0.2, 0.25) is 5.02 Å². The SMILES string of the molecule is Cc1csc(NC(=O)C(Sc2cccc(NC(=O)/C(=C/c3ccc(Cl)cc3)NC(=O)c3ccccc3)c2)c2ccccc2)n1. The zero-order chi connectivity index (χ0) is 30.9. The third kappa shape index (κ3) is 8.44. The van der Waals surface area contributed by atoms with Gasteiger partial charge < -0.3 is 16.0 Å². The minimum Gasteiger partial charge on any atom is -0.321 e. The fraction of sp³-hybridized carbons (Fsp3) is 0.0588. The maximum absolute atomic E-state index is 13.5. The Morgan fingerprint density at radius 2 is 1.57 bits per heavy atom. The Morgan fingerprint density at radius 1 is 0.864 bits per heavy atom. The number of thioether (sulfide) groups is 1. The minimum atomic E-state index is -0.572. The lowest BCUT2D eigenvalue weighted by Crippen LogP contribution is -2.30. The highest BCUT2D eigenvalue weighted by Crippen LogP contribution is 2.37. The van der Waals surface area contributed by atoms with Crippen molar-refractivity contribution in [2.24, 2.45) is 0 Å². The molecule has 0 spiro atoms. The fourth-order valence-electron chi connectivity index (χ4n) is 4.13. The van der Waals surface area contributed by atoms with Crippen LogP contribution in [0.1, 0.15) is 32.4 Å². The van der Waals surface area contributed by atoms with E-state index in [4.69, 9.17) is 11.6 Å². The number of hydrogen-bond donors (Lipinski definition) is 3. The predicted octanol–water partition coefficient (Wildman–Crippen LogP) is 7.99. The molecule has 4 aromatic carbocycles. The molecule has 0 aliphatic rings. The molecule has 0 fully saturated rings. The van der Waals surface area contributed by atoms with Crippen molar-refractivity contribution in [1.29, 1.82) is 0 Å². The number of aromatic nitrogens is 1. The molecule has 0 aliphatic heterocycles. The lowest BCUT2D eigenvalue weighted by atomic mass is 10.1. The number of carbonyl (C=O) groups excluding carboxylic acids is 3. The van der Waals surface area contributed by atoms with E-state index < -0.39 is 17.1 Å². The van der Waals surface area contributed by atoms with Crippen molar-refractivity contribution < 1.29 is 14.4 Å². The second kappa shape index (κ2) is 14.7. The first-order chi connectivity index (χ1) is 21.3. The van der Waals surface area contributed by atoms with Crippen LogP contribution in [-0.2, 0) is 9.59 Å². The van der Waals surface area contributed by atoms with E-state index in [0.717, 1.165) is 16.2 Å². The van der Waals surface area contributed by atoms with Crippen LogP contribution in [0, 0.1) is 6.92 Å². The summed E-state index contributed by atoms with van der Waals surface area (Å²) in [4.78, 5) is 45.0. The van der Waals surface area contributed by atoms with Gasteiger partial charge in [0.15, 0.2) is 5.13 Å².